The molecule has 1 unspecified atom stereocenters. The number of nitrogens with zero attached hydrogens (tertiary/aromatic N) is 1. The summed E-state index contributed by atoms with van der Waals surface area (Å²) in [5, 5.41) is 26.5. The van der Waals surface area contributed by atoms with E-state index in [9.17, 15) is 28.6 Å². The second kappa shape index (κ2) is 16.9. The average molecular weight is 563 g/mol. The van der Waals surface area contributed by atoms with Crippen LogP contribution >= 0.6 is 0 Å². The quantitative estimate of drug-likeness (QED) is 0.214. The van der Waals surface area contributed by atoms with E-state index in [4.69, 9.17) is 5.73 Å². The fraction of sp³-hybridized carbons (Fsp3) is 0.533. The number of hydrogen-bond donors (Lipinski definition) is 5. The second-order valence-electron chi connectivity index (χ2n) is 10.3. The molecule has 0 saturated heterocycles. The van der Waals surface area contributed by atoms with Crippen molar-refractivity contribution >= 4 is 11.9 Å². The fourth-order valence-corrected chi connectivity index (χ4v) is 4.55. The number of unbranched alkanes of at least 4 members (excludes halogenated alkanes) is 1. The SMILES string of the molecule is CCCCC(O)CC[C@@H](NC(=O)NC)C(=O)N(Cc1cccc(CC)c1)C[C@@H](O)[C@@H](N)Cc1cc(F)cc(F)c1. The summed E-state index contributed by atoms with van der Waals surface area (Å²) in [6.07, 6.45) is 1.85. The van der Waals surface area contributed by atoms with Gasteiger partial charge in [-0.05, 0) is 60.9 Å². The van der Waals surface area contributed by atoms with Crippen LogP contribution < -0.4 is 16.4 Å². The van der Waals surface area contributed by atoms with Gasteiger partial charge in [0, 0.05) is 32.2 Å². The Balaban J connectivity index is 2.27. The molecule has 2 aromatic rings. The van der Waals surface area contributed by atoms with Crippen molar-refractivity contribution in [2.45, 2.75) is 89.6 Å². The predicted molar refractivity (Wildman–Crippen MR) is 151 cm³/mol. The number of aliphatic hydroxyl groups excluding tert-OH is 2. The van der Waals surface area contributed by atoms with Crippen molar-refractivity contribution in [3.05, 3.63) is 70.8 Å². The molecule has 0 spiro atoms. The lowest BCUT2D eigenvalue weighted by Crippen LogP contribution is -2.54. The van der Waals surface area contributed by atoms with Crippen molar-refractivity contribution in [3.63, 3.8) is 0 Å². The first-order chi connectivity index (χ1) is 19.1. The number of halogens is 2. The van der Waals surface area contributed by atoms with Gasteiger partial charge in [-0.3, -0.25) is 4.79 Å². The van der Waals surface area contributed by atoms with Crippen LogP contribution in [-0.2, 0) is 24.2 Å². The average Bonchev–Trinajstić information content (AvgIpc) is 2.92. The molecule has 8 nitrogen and oxygen atoms in total. The molecular weight excluding hydrogens is 518 g/mol. The highest BCUT2D eigenvalue weighted by Gasteiger charge is 2.29. The van der Waals surface area contributed by atoms with Gasteiger partial charge in [0.2, 0.25) is 5.91 Å². The molecule has 0 fully saturated rings. The number of aryl methyl sites for hydroxylation is 1. The first kappa shape index (κ1) is 33.1. The van der Waals surface area contributed by atoms with Gasteiger partial charge in [0.05, 0.1) is 12.2 Å². The third-order valence-corrected chi connectivity index (χ3v) is 6.89. The lowest BCUT2D eigenvalue weighted by atomic mass is 9.99. The smallest absolute Gasteiger partial charge is 0.315 e. The van der Waals surface area contributed by atoms with Crippen LogP contribution in [-0.4, -0.2) is 64.9 Å². The van der Waals surface area contributed by atoms with Gasteiger partial charge in [-0.2, -0.15) is 0 Å². The molecule has 40 heavy (non-hydrogen) atoms. The summed E-state index contributed by atoms with van der Waals surface area (Å²) in [5.74, 6) is -1.92. The number of urea groups is 1. The maximum absolute atomic E-state index is 13.8. The van der Waals surface area contributed by atoms with E-state index in [0.717, 1.165) is 48.6 Å². The molecule has 0 aliphatic rings. The van der Waals surface area contributed by atoms with E-state index in [1.54, 1.807) is 0 Å². The van der Waals surface area contributed by atoms with Crippen LogP contribution in [0.15, 0.2) is 42.5 Å². The maximum atomic E-state index is 13.8. The van der Waals surface area contributed by atoms with E-state index >= 15 is 0 Å². The van der Waals surface area contributed by atoms with Crippen LogP contribution in [0.2, 0.25) is 0 Å². The molecule has 0 radical (unpaired) electrons. The number of carbonyl (C=O) groups excluding carboxylic acids is 2. The van der Waals surface area contributed by atoms with Crippen LogP contribution in [0.25, 0.3) is 0 Å². The highest BCUT2D eigenvalue weighted by Crippen LogP contribution is 2.17. The van der Waals surface area contributed by atoms with E-state index in [0.29, 0.717) is 12.8 Å². The Kier molecular flexibility index (Phi) is 14.0. The minimum absolute atomic E-state index is 0.00721. The monoisotopic (exact) mass is 562 g/mol. The summed E-state index contributed by atoms with van der Waals surface area (Å²) in [5.41, 5.74) is 8.42. The van der Waals surface area contributed by atoms with Crippen LogP contribution in [0.5, 0.6) is 0 Å². The predicted octanol–water partition coefficient (Wildman–Crippen LogP) is 3.42. The summed E-state index contributed by atoms with van der Waals surface area (Å²) >= 11 is 0. The topological polar surface area (TPSA) is 128 Å². The van der Waals surface area contributed by atoms with Gasteiger partial charge in [-0.25, -0.2) is 13.6 Å². The zero-order valence-electron chi connectivity index (χ0n) is 23.7. The fourth-order valence-electron chi connectivity index (χ4n) is 4.55. The Morgan fingerprint density at radius 1 is 0.975 bits per heavy atom. The van der Waals surface area contributed by atoms with Crippen LogP contribution in [0.3, 0.4) is 0 Å². The third kappa shape index (κ3) is 11.2. The number of rotatable bonds is 16. The van der Waals surface area contributed by atoms with Gasteiger partial charge in [0.25, 0.3) is 0 Å². The lowest BCUT2D eigenvalue weighted by Gasteiger charge is -2.32. The molecule has 0 aliphatic carbocycles. The molecule has 0 aliphatic heterocycles. The molecule has 0 heterocycles. The van der Waals surface area contributed by atoms with E-state index in [2.05, 4.69) is 10.6 Å². The van der Waals surface area contributed by atoms with Gasteiger partial charge in [0.15, 0.2) is 0 Å². The van der Waals surface area contributed by atoms with Crippen LogP contribution in [0.1, 0.15) is 62.6 Å². The first-order valence-electron chi connectivity index (χ1n) is 14.0. The zero-order chi connectivity index (χ0) is 29.7. The number of hydrogen-bond acceptors (Lipinski definition) is 5. The lowest BCUT2D eigenvalue weighted by molar-refractivity contribution is -0.135. The summed E-state index contributed by atoms with van der Waals surface area (Å²) < 4.78 is 27.3. The highest BCUT2D eigenvalue weighted by molar-refractivity contribution is 5.87. The Morgan fingerprint density at radius 2 is 1.65 bits per heavy atom. The molecule has 10 heteroatoms. The standard InChI is InChI=1S/C30H44F2N4O4/c1-4-6-10-25(37)11-12-27(35-30(40)34-3)29(39)36(18-21-9-7-8-20(5-2)13-21)19-28(38)26(33)16-22-14-23(31)17-24(32)15-22/h7-9,13-15,17,25-28,37-38H,4-6,10-12,16,18-19,33H2,1-3H3,(H2,34,35,40)/t25?,26-,27+,28+/m0/s1. The Labute approximate surface area is 235 Å². The molecule has 6 N–H and O–H groups in total. The summed E-state index contributed by atoms with van der Waals surface area (Å²) in [6.45, 7) is 4.03. The van der Waals surface area contributed by atoms with Gasteiger partial charge < -0.3 is 31.5 Å². The molecule has 3 amide bonds. The van der Waals surface area contributed by atoms with Crippen molar-refractivity contribution in [3.8, 4) is 0 Å². The van der Waals surface area contributed by atoms with Gasteiger partial charge in [0.1, 0.15) is 17.7 Å². The highest BCUT2D eigenvalue weighted by atomic mass is 19.1. The van der Waals surface area contributed by atoms with Gasteiger partial charge in [-0.1, -0.05) is 51.0 Å². The maximum Gasteiger partial charge on any atom is 0.315 e. The first-order valence-corrected chi connectivity index (χ1v) is 14.0. The summed E-state index contributed by atoms with van der Waals surface area (Å²) in [7, 11) is 1.44. The molecule has 0 aromatic heterocycles. The number of benzene rings is 2. The zero-order valence-corrected chi connectivity index (χ0v) is 23.7. The number of aliphatic hydroxyl groups is 2. The van der Waals surface area contributed by atoms with E-state index in [1.165, 1.54) is 11.9 Å². The normalized spacial score (nSPS) is 14.2. The molecule has 0 saturated carbocycles. The van der Waals surface area contributed by atoms with Crippen molar-refractivity contribution in [1.82, 2.24) is 15.5 Å². The molecule has 4 atom stereocenters. The van der Waals surface area contributed by atoms with Crippen LogP contribution in [0, 0.1) is 11.6 Å². The van der Waals surface area contributed by atoms with E-state index in [1.807, 2.05) is 38.1 Å². The van der Waals surface area contributed by atoms with Crippen LogP contribution in [0.4, 0.5) is 13.6 Å². The Bertz CT molecular complexity index is 1070. The molecular formula is C30H44F2N4O4. The largest absolute Gasteiger partial charge is 0.393 e. The number of carbonyl (C=O) groups is 2. The Hall–Kier alpha value is -3.08. The van der Waals surface area contributed by atoms with Crippen molar-refractivity contribution in [2.75, 3.05) is 13.6 Å². The van der Waals surface area contributed by atoms with Crippen molar-refractivity contribution in [2.24, 2.45) is 5.73 Å². The number of nitrogens with one attached hydrogen (secondary N) is 2. The summed E-state index contributed by atoms with van der Waals surface area (Å²) in [6, 6.07) is 8.37. The Morgan fingerprint density at radius 3 is 2.27 bits per heavy atom. The minimum atomic E-state index is -1.22. The van der Waals surface area contributed by atoms with Crippen molar-refractivity contribution < 1.29 is 28.6 Å². The molecule has 2 rings (SSSR count). The second-order valence-corrected chi connectivity index (χ2v) is 10.3. The molecule has 2 aromatic carbocycles. The van der Waals surface area contributed by atoms with E-state index < -0.39 is 47.9 Å². The summed E-state index contributed by atoms with van der Waals surface area (Å²) in [4.78, 5) is 27.5. The van der Waals surface area contributed by atoms with Gasteiger partial charge >= 0.3 is 6.03 Å². The van der Waals surface area contributed by atoms with E-state index in [-0.39, 0.29) is 31.5 Å². The number of amides is 3. The minimum Gasteiger partial charge on any atom is -0.393 e. The van der Waals surface area contributed by atoms with Crippen molar-refractivity contribution in [1.29, 1.82) is 0 Å². The van der Waals surface area contributed by atoms with Gasteiger partial charge in [-0.15, -0.1) is 0 Å². The molecule has 0 bridgehead atoms. The molecule has 222 valence electrons. The number of nitrogens with two attached hydrogens (primary N) is 1. The third-order valence-electron chi connectivity index (χ3n) is 6.89.